The smallest absolute Gasteiger partial charge is 0.204 e. The maximum Gasteiger partial charge on any atom is 0.204 e. The third kappa shape index (κ3) is 6.07. The summed E-state index contributed by atoms with van der Waals surface area (Å²) >= 11 is 0. The van der Waals surface area contributed by atoms with Crippen LogP contribution in [0.2, 0.25) is 0 Å². The molecule has 0 aromatic heterocycles. The Morgan fingerprint density at radius 1 is 0.820 bits per heavy atom. The van der Waals surface area contributed by atoms with Crippen LogP contribution in [0.1, 0.15) is 45.5 Å². The van der Waals surface area contributed by atoms with Gasteiger partial charge in [-0.05, 0) is 84.6 Å². The van der Waals surface area contributed by atoms with Crippen molar-refractivity contribution in [2.24, 2.45) is 0 Å². The van der Waals surface area contributed by atoms with Gasteiger partial charge in [0.15, 0.2) is 34.5 Å². The Hall–Kier alpha value is -4.93. The highest BCUT2D eigenvalue weighted by molar-refractivity contribution is 5.66. The molecule has 262 valence electrons. The number of rotatable bonds is 6. The number of carbonyl (C=O) groups is 1. The third-order valence-corrected chi connectivity index (χ3v) is 10.7. The molecule has 0 aliphatic carbocycles. The molecule has 0 radical (unpaired) electrons. The maximum atomic E-state index is 12.2. The lowest BCUT2D eigenvalue weighted by Crippen LogP contribution is -2.56. The van der Waals surface area contributed by atoms with Crippen molar-refractivity contribution in [2.45, 2.75) is 37.8 Å². The van der Waals surface area contributed by atoms with Crippen LogP contribution < -0.4 is 33.5 Å². The number of carboxylic acid groups (broad SMARTS) is 1. The van der Waals surface area contributed by atoms with E-state index < -0.39 is 5.97 Å². The molecule has 0 amide bonds. The number of benzene rings is 4. The molecule has 4 aromatic rings. The summed E-state index contributed by atoms with van der Waals surface area (Å²) in [5.41, 5.74) is 6.37. The lowest BCUT2D eigenvalue weighted by molar-refractivity contribution is -0.936. The van der Waals surface area contributed by atoms with Gasteiger partial charge in [0, 0.05) is 36.6 Å². The number of nitrogens with zero attached hydrogens (tertiary/aromatic N) is 2. The highest BCUT2D eigenvalue weighted by Gasteiger charge is 2.41. The number of hydrogen-bond donors (Lipinski definition) is 0. The second-order valence-electron chi connectivity index (χ2n) is 13.7. The normalized spacial score (nSPS) is 21.1. The molecule has 10 heteroatoms. The molecule has 3 unspecified atom stereocenters. The van der Waals surface area contributed by atoms with Gasteiger partial charge in [-0.1, -0.05) is 18.2 Å². The standard InChI is InChI=1S/C40H44N2O8/c1-41-15-13-27-21-36(47-5)39(48-6)40-38(27)30(41)17-25-9-12-32(45-3)34(19-25)49-28-10-7-24(8-11-28)18-31-29-22-35(50-40)33(46-4)20-26(29)14-16-42(31,2)23-37(43)44/h7-12,19-22,30-31H,13-18,23H2,1-6H3. The zero-order chi connectivity index (χ0) is 35.2. The quantitative estimate of drug-likeness (QED) is 0.247. The van der Waals surface area contributed by atoms with Gasteiger partial charge in [0.05, 0.1) is 48.0 Å². The lowest BCUT2D eigenvalue weighted by Gasteiger charge is -2.46. The Morgan fingerprint density at radius 2 is 1.52 bits per heavy atom. The molecular formula is C40H44N2O8. The molecule has 4 aliphatic rings. The maximum absolute atomic E-state index is 12.2. The van der Waals surface area contributed by atoms with Crippen molar-refractivity contribution in [3.63, 3.8) is 0 Å². The van der Waals surface area contributed by atoms with Crippen LogP contribution in [0.5, 0.6) is 46.0 Å². The number of fused-ring (bicyclic) bond motifs is 2. The molecule has 4 aliphatic heterocycles. The van der Waals surface area contributed by atoms with Gasteiger partial charge in [-0.3, -0.25) is 4.90 Å². The number of methoxy groups -OCH3 is 4. The van der Waals surface area contributed by atoms with E-state index in [1.54, 1.807) is 28.4 Å². The van der Waals surface area contributed by atoms with Gasteiger partial charge >= 0.3 is 0 Å². The fourth-order valence-corrected chi connectivity index (χ4v) is 8.00. The summed E-state index contributed by atoms with van der Waals surface area (Å²) in [6.45, 7) is 1.36. The molecule has 10 nitrogen and oxygen atoms in total. The van der Waals surface area contributed by atoms with Gasteiger partial charge in [0.2, 0.25) is 5.75 Å². The summed E-state index contributed by atoms with van der Waals surface area (Å²) in [7, 11) is 10.7. The minimum atomic E-state index is -1.08. The van der Waals surface area contributed by atoms with Gasteiger partial charge in [-0.15, -0.1) is 0 Å². The van der Waals surface area contributed by atoms with Crippen molar-refractivity contribution < 1.29 is 42.8 Å². The first-order valence-corrected chi connectivity index (χ1v) is 17.0. The van der Waals surface area contributed by atoms with Crippen molar-refractivity contribution in [3.8, 4) is 46.0 Å². The third-order valence-electron chi connectivity index (χ3n) is 10.7. The Kier molecular flexibility index (Phi) is 9.00. The predicted octanol–water partition coefficient (Wildman–Crippen LogP) is 5.43. The highest BCUT2D eigenvalue weighted by Crippen LogP contribution is 2.52. The van der Waals surface area contributed by atoms with Crippen LogP contribution in [0.3, 0.4) is 0 Å². The summed E-state index contributed by atoms with van der Waals surface area (Å²) in [5, 5.41) is 12.2. The summed E-state index contributed by atoms with van der Waals surface area (Å²) in [6, 6.07) is 19.9. The van der Waals surface area contributed by atoms with Gasteiger partial charge in [0.25, 0.3) is 0 Å². The Bertz CT molecular complexity index is 1930. The van der Waals surface area contributed by atoms with Crippen molar-refractivity contribution >= 4 is 5.97 Å². The van der Waals surface area contributed by atoms with E-state index in [4.69, 9.17) is 28.4 Å². The minimum Gasteiger partial charge on any atom is -0.544 e. The number of carbonyl (C=O) groups excluding carboxylic acids is 1. The molecule has 8 rings (SSSR count). The average Bonchev–Trinajstić information content (AvgIpc) is 3.10. The van der Waals surface area contributed by atoms with Crippen molar-refractivity contribution in [1.29, 1.82) is 0 Å². The van der Waals surface area contributed by atoms with E-state index in [9.17, 15) is 9.90 Å². The van der Waals surface area contributed by atoms with E-state index in [1.807, 2.05) is 55.6 Å². The van der Waals surface area contributed by atoms with E-state index >= 15 is 0 Å². The molecular weight excluding hydrogens is 636 g/mol. The molecule has 0 N–H and O–H groups in total. The van der Waals surface area contributed by atoms with Crippen molar-refractivity contribution in [3.05, 3.63) is 94.0 Å². The van der Waals surface area contributed by atoms with E-state index in [2.05, 4.69) is 24.1 Å². The monoisotopic (exact) mass is 680 g/mol. The van der Waals surface area contributed by atoms with Crippen LogP contribution in [0.25, 0.3) is 0 Å². The molecule has 0 saturated carbocycles. The first-order valence-electron chi connectivity index (χ1n) is 17.0. The molecule has 3 atom stereocenters. The number of hydrogen-bond acceptors (Lipinski definition) is 9. The van der Waals surface area contributed by atoms with Crippen LogP contribution in [-0.2, 0) is 30.5 Å². The molecule has 0 spiro atoms. The number of ether oxygens (including phenoxy) is 6. The van der Waals surface area contributed by atoms with Gasteiger partial charge < -0.3 is 42.8 Å². The van der Waals surface area contributed by atoms with Gasteiger partial charge in [-0.25, -0.2) is 0 Å². The summed E-state index contributed by atoms with van der Waals surface area (Å²) in [5.74, 6) is 3.62. The number of aliphatic carboxylic acids is 1. The average molecular weight is 681 g/mol. The minimum absolute atomic E-state index is 0.0765. The van der Waals surface area contributed by atoms with E-state index in [0.29, 0.717) is 71.8 Å². The van der Waals surface area contributed by atoms with Crippen LogP contribution in [0.15, 0.2) is 60.7 Å². The first kappa shape index (κ1) is 33.6. The zero-order valence-corrected chi connectivity index (χ0v) is 29.5. The van der Waals surface area contributed by atoms with Gasteiger partial charge in [0.1, 0.15) is 18.3 Å². The fourth-order valence-electron chi connectivity index (χ4n) is 8.00. The zero-order valence-electron chi connectivity index (χ0n) is 29.5. The van der Waals surface area contributed by atoms with E-state index in [0.717, 1.165) is 46.3 Å². The summed E-state index contributed by atoms with van der Waals surface area (Å²) < 4.78 is 37.3. The summed E-state index contributed by atoms with van der Waals surface area (Å²) in [6.07, 6.45) is 2.74. The Balaban J connectivity index is 1.48. The van der Waals surface area contributed by atoms with E-state index in [-0.39, 0.29) is 23.1 Å². The van der Waals surface area contributed by atoms with Crippen LogP contribution in [0.4, 0.5) is 0 Å². The second-order valence-corrected chi connectivity index (χ2v) is 13.7. The molecule has 0 fully saturated rings. The van der Waals surface area contributed by atoms with Crippen molar-refractivity contribution in [2.75, 3.05) is 62.2 Å². The molecule has 4 aromatic carbocycles. The summed E-state index contributed by atoms with van der Waals surface area (Å²) in [4.78, 5) is 14.5. The number of likely N-dealkylation sites (N-methyl/N-ethyl adjacent to an activating group) is 2. The van der Waals surface area contributed by atoms with Crippen molar-refractivity contribution in [1.82, 2.24) is 4.90 Å². The molecule has 4 heterocycles. The number of quaternary nitrogens is 1. The first-order chi connectivity index (χ1) is 24.1. The topological polar surface area (TPSA) is 98.8 Å². The Labute approximate surface area is 293 Å². The van der Waals surface area contributed by atoms with Crippen LogP contribution in [-0.4, -0.2) is 77.5 Å². The molecule has 0 saturated heterocycles. The molecule has 50 heavy (non-hydrogen) atoms. The van der Waals surface area contributed by atoms with Gasteiger partial charge in [-0.2, -0.15) is 0 Å². The van der Waals surface area contributed by atoms with Crippen LogP contribution >= 0.6 is 0 Å². The lowest BCUT2D eigenvalue weighted by atomic mass is 9.86. The van der Waals surface area contributed by atoms with E-state index in [1.165, 1.54) is 0 Å². The fraction of sp³-hybridized carbons (Fsp3) is 0.375. The molecule has 6 bridgehead atoms. The second kappa shape index (κ2) is 13.4. The predicted molar refractivity (Wildman–Crippen MR) is 186 cm³/mol. The SMILES string of the molecule is COc1ccc2cc1Oc1ccc(cc1)CC1c3cc(c(OC)cc3CC[N+]1(C)CC(=O)[O-])Oc1c(OC)c(OC)cc3c1C(C2)N(C)CC3. The van der Waals surface area contributed by atoms with Crippen LogP contribution in [0, 0.1) is 0 Å². The Morgan fingerprint density at radius 3 is 2.22 bits per heavy atom. The number of carboxylic acids is 1. The highest BCUT2D eigenvalue weighted by atomic mass is 16.5. The largest absolute Gasteiger partial charge is 0.544 e.